The molecule has 1 aliphatic heterocycles. The van der Waals surface area contributed by atoms with Crippen LogP contribution in [0.15, 0.2) is 85.2 Å². The van der Waals surface area contributed by atoms with Gasteiger partial charge in [-0.05, 0) is 36.2 Å². The quantitative estimate of drug-likeness (QED) is 0.481. The van der Waals surface area contributed by atoms with Gasteiger partial charge in [-0.25, -0.2) is 4.98 Å². The summed E-state index contributed by atoms with van der Waals surface area (Å²) < 4.78 is 0. The van der Waals surface area contributed by atoms with Gasteiger partial charge in [0.2, 0.25) is 0 Å². The second kappa shape index (κ2) is 9.28. The minimum Gasteiger partial charge on any atom is -0.337 e. The number of amides is 1. The molecule has 1 fully saturated rings. The summed E-state index contributed by atoms with van der Waals surface area (Å²) in [7, 11) is 0. The second-order valence-electron chi connectivity index (χ2n) is 8.22. The van der Waals surface area contributed by atoms with E-state index >= 15 is 0 Å². The first-order chi connectivity index (χ1) is 15.8. The zero-order valence-corrected chi connectivity index (χ0v) is 18.0. The van der Waals surface area contributed by atoms with Crippen molar-refractivity contribution in [3.63, 3.8) is 0 Å². The fourth-order valence-electron chi connectivity index (χ4n) is 4.37. The van der Waals surface area contributed by atoms with Gasteiger partial charge in [-0.3, -0.25) is 14.7 Å². The number of aromatic nitrogens is 2. The van der Waals surface area contributed by atoms with Gasteiger partial charge < -0.3 is 4.90 Å². The van der Waals surface area contributed by atoms with Crippen LogP contribution in [-0.4, -0.2) is 51.9 Å². The Labute approximate surface area is 188 Å². The lowest BCUT2D eigenvalue weighted by Crippen LogP contribution is -2.35. The Morgan fingerprint density at radius 2 is 1.62 bits per heavy atom. The van der Waals surface area contributed by atoms with E-state index < -0.39 is 0 Å². The highest BCUT2D eigenvalue weighted by Crippen LogP contribution is 2.26. The Bertz CT molecular complexity index is 1210. The Balaban J connectivity index is 1.40. The Kier molecular flexibility index (Phi) is 5.90. The predicted molar refractivity (Wildman–Crippen MR) is 127 cm³/mol. The normalized spacial score (nSPS) is 14.9. The van der Waals surface area contributed by atoms with E-state index in [0.29, 0.717) is 0 Å². The van der Waals surface area contributed by atoms with Gasteiger partial charge in [0.15, 0.2) is 0 Å². The first-order valence-electron chi connectivity index (χ1n) is 11.1. The van der Waals surface area contributed by atoms with Crippen LogP contribution in [0.2, 0.25) is 0 Å². The van der Waals surface area contributed by atoms with Gasteiger partial charge >= 0.3 is 0 Å². The van der Waals surface area contributed by atoms with Gasteiger partial charge in [0.1, 0.15) is 0 Å². The standard InChI is InChI=1S/C27H26N4O/c32-27(31-16-6-15-30(17-18-31)20-21-7-2-1-3-8-21)24-19-26(22-11-13-28-14-12-22)29-25-10-5-4-9-23(24)25/h1-5,7-14,19H,6,15-18,20H2. The maximum absolute atomic E-state index is 13.7. The molecule has 4 aromatic rings. The highest BCUT2D eigenvalue weighted by molar-refractivity contribution is 6.07. The molecule has 5 heteroatoms. The molecule has 0 saturated carbocycles. The molecular formula is C27H26N4O. The number of para-hydroxylation sites is 1. The molecule has 0 atom stereocenters. The molecule has 0 N–H and O–H groups in total. The molecule has 1 aliphatic rings. The van der Waals surface area contributed by atoms with Crippen LogP contribution in [0.5, 0.6) is 0 Å². The van der Waals surface area contributed by atoms with Crippen LogP contribution in [-0.2, 0) is 6.54 Å². The molecule has 5 nitrogen and oxygen atoms in total. The van der Waals surface area contributed by atoms with Crippen molar-refractivity contribution >= 4 is 16.8 Å². The monoisotopic (exact) mass is 422 g/mol. The predicted octanol–water partition coefficient (Wildman–Crippen LogP) is 4.64. The molecule has 32 heavy (non-hydrogen) atoms. The average Bonchev–Trinajstić information content (AvgIpc) is 3.09. The average molecular weight is 423 g/mol. The van der Waals surface area contributed by atoms with E-state index in [1.54, 1.807) is 12.4 Å². The summed E-state index contributed by atoms with van der Waals surface area (Å²) in [6, 6.07) is 24.2. The van der Waals surface area contributed by atoms with E-state index in [1.807, 2.05) is 53.4 Å². The van der Waals surface area contributed by atoms with Crippen LogP contribution in [0.25, 0.3) is 22.2 Å². The lowest BCUT2D eigenvalue weighted by atomic mass is 10.0. The van der Waals surface area contributed by atoms with Gasteiger partial charge in [-0.15, -0.1) is 0 Å². The zero-order chi connectivity index (χ0) is 21.8. The molecule has 2 aromatic heterocycles. The number of pyridine rings is 2. The van der Waals surface area contributed by atoms with Crippen molar-refractivity contribution in [2.45, 2.75) is 13.0 Å². The number of hydrogen-bond acceptors (Lipinski definition) is 4. The van der Waals surface area contributed by atoms with Crippen LogP contribution in [0.4, 0.5) is 0 Å². The van der Waals surface area contributed by atoms with Crippen molar-refractivity contribution in [1.82, 2.24) is 19.8 Å². The Hall–Kier alpha value is -3.57. The fourth-order valence-corrected chi connectivity index (χ4v) is 4.37. The lowest BCUT2D eigenvalue weighted by molar-refractivity contribution is 0.0763. The van der Waals surface area contributed by atoms with Crippen LogP contribution in [0.3, 0.4) is 0 Å². The smallest absolute Gasteiger partial charge is 0.254 e. The van der Waals surface area contributed by atoms with Crippen molar-refractivity contribution < 1.29 is 4.79 Å². The molecule has 160 valence electrons. The molecule has 0 unspecified atom stereocenters. The van der Waals surface area contributed by atoms with Crippen molar-refractivity contribution in [3.8, 4) is 11.3 Å². The number of nitrogens with zero attached hydrogens (tertiary/aromatic N) is 4. The summed E-state index contributed by atoms with van der Waals surface area (Å²) in [5.41, 5.74) is 4.64. The van der Waals surface area contributed by atoms with Gasteiger partial charge in [0.05, 0.1) is 16.8 Å². The van der Waals surface area contributed by atoms with Crippen molar-refractivity contribution in [3.05, 3.63) is 96.3 Å². The van der Waals surface area contributed by atoms with Crippen molar-refractivity contribution in [2.75, 3.05) is 26.2 Å². The van der Waals surface area contributed by atoms with Crippen molar-refractivity contribution in [2.24, 2.45) is 0 Å². The van der Waals surface area contributed by atoms with E-state index in [4.69, 9.17) is 4.98 Å². The molecule has 0 bridgehead atoms. The SMILES string of the molecule is O=C(c1cc(-c2ccncc2)nc2ccccc12)N1CCCN(Cc2ccccc2)CC1. The van der Waals surface area contributed by atoms with Crippen molar-refractivity contribution in [1.29, 1.82) is 0 Å². The minimum atomic E-state index is 0.0838. The summed E-state index contributed by atoms with van der Waals surface area (Å²) in [6.45, 7) is 4.30. The number of carbonyl (C=O) groups is 1. The number of hydrogen-bond donors (Lipinski definition) is 0. The molecule has 1 saturated heterocycles. The van der Waals surface area contributed by atoms with E-state index in [1.165, 1.54) is 5.56 Å². The Morgan fingerprint density at radius 3 is 2.47 bits per heavy atom. The van der Waals surface area contributed by atoms with Gasteiger partial charge in [0.25, 0.3) is 5.91 Å². The summed E-state index contributed by atoms with van der Waals surface area (Å²) in [6.07, 6.45) is 4.48. The molecule has 3 heterocycles. The highest BCUT2D eigenvalue weighted by atomic mass is 16.2. The maximum Gasteiger partial charge on any atom is 0.254 e. The molecular weight excluding hydrogens is 396 g/mol. The first kappa shape index (κ1) is 20.3. The van der Waals surface area contributed by atoms with Gasteiger partial charge in [-0.1, -0.05) is 48.5 Å². The molecule has 5 rings (SSSR count). The molecule has 0 aliphatic carbocycles. The van der Waals surface area contributed by atoms with Crippen LogP contribution >= 0.6 is 0 Å². The van der Waals surface area contributed by atoms with Crippen LogP contribution in [0, 0.1) is 0 Å². The van der Waals surface area contributed by atoms with Crippen LogP contribution < -0.4 is 0 Å². The third-order valence-electron chi connectivity index (χ3n) is 6.05. The van der Waals surface area contributed by atoms with E-state index in [2.05, 4.69) is 34.1 Å². The minimum absolute atomic E-state index is 0.0838. The largest absolute Gasteiger partial charge is 0.337 e. The van der Waals surface area contributed by atoms with Crippen LogP contribution in [0.1, 0.15) is 22.3 Å². The Morgan fingerprint density at radius 1 is 0.844 bits per heavy atom. The fraction of sp³-hybridized carbons (Fsp3) is 0.222. The third-order valence-corrected chi connectivity index (χ3v) is 6.05. The topological polar surface area (TPSA) is 49.3 Å². The molecule has 2 aromatic carbocycles. The van der Waals surface area contributed by atoms with E-state index in [0.717, 1.165) is 66.9 Å². The molecule has 0 radical (unpaired) electrons. The maximum atomic E-state index is 13.7. The van der Waals surface area contributed by atoms with Gasteiger partial charge in [-0.2, -0.15) is 0 Å². The number of rotatable bonds is 4. The second-order valence-corrected chi connectivity index (χ2v) is 8.22. The summed E-state index contributed by atoms with van der Waals surface area (Å²) in [4.78, 5) is 27.0. The van der Waals surface area contributed by atoms with Gasteiger partial charge in [0, 0.05) is 56.1 Å². The molecule has 0 spiro atoms. The number of fused-ring (bicyclic) bond motifs is 1. The lowest BCUT2D eigenvalue weighted by Gasteiger charge is -2.23. The third kappa shape index (κ3) is 4.39. The van der Waals surface area contributed by atoms with E-state index in [-0.39, 0.29) is 5.91 Å². The first-order valence-corrected chi connectivity index (χ1v) is 11.1. The van der Waals surface area contributed by atoms with E-state index in [9.17, 15) is 4.79 Å². The summed E-state index contributed by atoms with van der Waals surface area (Å²) in [5, 5.41) is 0.903. The zero-order valence-electron chi connectivity index (χ0n) is 18.0. The molecule has 1 amide bonds. The number of carbonyl (C=O) groups excluding carboxylic acids is 1. The highest BCUT2D eigenvalue weighted by Gasteiger charge is 2.23. The number of benzene rings is 2. The summed E-state index contributed by atoms with van der Waals surface area (Å²) >= 11 is 0. The summed E-state index contributed by atoms with van der Waals surface area (Å²) in [5.74, 6) is 0.0838.